The molecule has 1 aliphatic heterocycles. The number of likely N-dealkylation sites (N-methyl/N-ethyl adjacent to an activating group) is 1. The zero-order valence-electron chi connectivity index (χ0n) is 9.91. The van der Waals surface area contributed by atoms with Gasteiger partial charge in [0.05, 0.1) is 6.07 Å². The second kappa shape index (κ2) is 5.07. The first-order valence-electron chi connectivity index (χ1n) is 5.78. The topological polar surface area (TPSA) is 39.1 Å². The Hall–Kier alpha value is -1.05. The molecule has 0 bridgehead atoms. The van der Waals surface area contributed by atoms with Crippen molar-refractivity contribution in [3.8, 4) is 6.07 Å². The van der Waals surface area contributed by atoms with Gasteiger partial charge in [0.15, 0.2) is 0 Å². The summed E-state index contributed by atoms with van der Waals surface area (Å²) in [5.74, 6) is 0. The minimum Gasteiger partial charge on any atom is -0.365 e. The lowest BCUT2D eigenvalue weighted by atomic mass is 9.90. The van der Waals surface area contributed by atoms with Crippen LogP contribution in [0.1, 0.15) is 12.8 Å². The van der Waals surface area contributed by atoms with Crippen molar-refractivity contribution in [2.45, 2.75) is 18.4 Å². The molecule has 1 unspecified atom stereocenters. The summed E-state index contributed by atoms with van der Waals surface area (Å²) >= 11 is 3.51. The Labute approximate surface area is 111 Å². The normalized spacial score (nSPS) is 25.2. The quantitative estimate of drug-likeness (QED) is 0.911. The largest absolute Gasteiger partial charge is 0.365 e. The van der Waals surface area contributed by atoms with Crippen LogP contribution in [-0.4, -0.2) is 30.6 Å². The lowest BCUT2D eigenvalue weighted by Crippen LogP contribution is -2.50. The molecule has 1 saturated heterocycles. The summed E-state index contributed by atoms with van der Waals surface area (Å²) in [5, 5.41) is 12.9. The van der Waals surface area contributed by atoms with Gasteiger partial charge in [-0.3, -0.25) is 0 Å². The molecule has 1 atom stereocenters. The molecular formula is C13H16BrN3. The van der Waals surface area contributed by atoms with Gasteiger partial charge in [0, 0.05) is 16.7 Å². The Kier molecular flexibility index (Phi) is 3.70. The third-order valence-electron chi connectivity index (χ3n) is 3.15. The first-order valence-corrected chi connectivity index (χ1v) is 6.57. The minimum atomic E-state index is -0.461. The fourth-order valence-corrected chi connectivity index (χ4v) is 2.70. The zero-order valence-corrected chi connectivity index (χ0v) is 11.5. The number of likely N-dealkylation sites (tertiary alicyclic amines) is 1. The van der Waals surface area contributed by atoms with Gasteiger partial charge in [-0.05, 0) is 54.5 Å². The zero-order chi connectivity index (χ0) is 12.3. The SMILES string of the molecule is CN1CCCC(C#N)(Nc2ccccc2Br)C1. The van der Waals surface area contributed by atoms with Crippen LogP contribution in [0.15, 0.2) is 28.7 Å². The first-order chi connectivity index (χ1) is 8.15. The van der Waals surface area contributed by atoms with Crippen LogP contribution in [-0.2, 0) is 0 Å². The number of hydrogen-bond donors (Lipinski definition) is 1. The van der Waals surface area contributed by atoms with Crippen molar-refractivity contribution in [1.29, 1.82) is 5.26 Å². The van der Waals surface area contributed by atoms with Crippen molar-refractivity contribution in [1.82, 2.24) is 4.90 Å². The Balaban J connectivity index is 2.20. The van der Waals surface area contributed by atoms with Crippen LogP contribution in [0.5, 0.6) is 0 Å². The highest BCUT2D eigenvalue weighted by Gasteiger charge is 2.34. The minimum absolute atomic E-state index is 0.461. The van der Waals surface area contributed by atoms with Crippen LogP contribution in [0.25, 0.3) is 0 Å². The summed E-state index contributed by atoms with van der Waals surface area (Å²) in [7, 11) is 2.06. The molecule has 3 nitrogen and oxygen atoms in total. The van der Waals surface area contributed by atoms with Crippen LogP contribution in [0.2, 0.25) is 0 Å². The molecule has 1 aromatic rings. The number of para-hydroxylation sites is 1. The molecule has 90 valence electrons. The second-order valence-corrected chi connectivity index (χ2v) is 5.49. The van der Waals surface area contributed by atoms with Crippen molar-refractivity contribution in [2.24, 2.45) is 0 Å². The van der Waals surface area contributed by atoms with Gasteiger partial charge in [0.1, 0.15) is 5.54 Å². The Morgan fingerprint density at radius 1 is 1.47 bits per heavy atom. The van der Waals surface area contributed by atoms with E-state index in [1.54, 1.807) is 0 Å². The molecule has 17 heavy (non-hydrogen) atoms. The van der Waals surface area contributed by atoms with E-state index >= 15 is 0 Å². The Bertz CT molecular complexity index is 441. The first kappa shape index (κ1) is 12.4. The third kappa shape index (κ3) is 2.80. The second-order valence-electron chi connectivity index (χ2n) is 4.64. The van der Waals surface area contributed by atoms with E-state index in [1.165, 1.54) is 0 Å². The summed E-state index contributed by atoms with van der Waals surface area (Å²) < 4.78 is 1.00. The van der Waals surface area contributed by atoms with Crippen LogP contribution in [0.4, 0.5) is 5.69 Å². The molecule has 2 rings (SSSR count). The average molecular weight is 294 g/mol. The molecule has 0 spiro atoms. The van der Waals surface area contributed by atoms with Gasteiger partial charge in [-0.15, -0.1) is 0 Å². The molecule has 0 aliphatic carbocycles. The molecule has 1 N–H and O–H groups in total. The van der Waals surface area contributed by atoms with Crippen LogP contribution < -0.4 is 5.32 Å². The van der Waals surface area contributed by atoms with Crippen molar-refractivity contribution in [3.63, 3.8) is 0 Å². The van der Waals surface area contributed by atoms with E-state index in [0.717, 1.165) is 36.1 Å². The van der Waals surface area contributed by atoms with Gasteiger partial charge in [-0.2, -0.15) is 5.26 Å². The third-order valence-corrected chi connectivity index (χ3v) is 3.84. The van der Waals surface area contributed by atoms with Crippen molar-refractivity contribution >= 4 is 21.6 Å². The smallest absolute Gasteiger partial charge is 0.138 e. The highest BCUT2D eigenvalue weighted by atomic mass is 79.9. The summed E-state index contributed by atoms with van der Waals surface area (Å²) in [4.78, 5) is 2.20. The van der Waals surface area contributed by atoms with Crippen LogP contribution in [0.3, 0.4) is 0 Å². The van der Waals surface area contributed by atoms with E-state index in [2.05, 4.69) is 39.3 Å². The Morgan fingerprint density at radius 3 is 2.88 bits per heavy atom. The van der Waals surface area contributed by atoms with Gasteiger partial charge in [0.25, 0.3) is 0 Å². The maximum atomic E-state index is 9.46. The van der Waals surface area contributed by atoms with Crippen LogP contribution >= 0.6 is 15.9 Å². The Morgan fingerprint density at radius 2 is 2.24 bits per heavy atom. The number of benzene rings is 1. The molecule has 0 aromatic heterocycles. The number of rotatable bonds is 2. The van der Waals surface area contributed by atoms with Gasteiger partial charge in [-0.1, -0.05) is 12.1 Å². The van der Waals surface area contributed by atoms with E-state index in [4.69, 9.17) is 0 Å². The van der Waals surface area contributed by atoms with Crippen LogP contribution in [0, 0.1) is 11.3 Å². The van der Waals surface area contributed by atoms with Crippen molar-refractivity contribution < 1.29 is 0 Å². The fraction of sp³-hybridized carbons (Fsp3) is 0.462. The number of nitrogens with one attached hydrogen (secondary N) is 1. The van der Waals surface area contributed by atoms with E-state index in [-0.39, 0.29) is 0 Å². The number of anilines is 1. The summed E-state index contributed by atoms with van der Waals surface area (Å²) in [5.41, 5.74) is 0.529. The van der Waals surface area contributed by atoms with E-state index in [1.807, 2.05) is 24.3 Å². The fourth-order valence-electron chi connectivity index (χ4n) is 2.31. The predicted octanol–water partition coefficient (Wildman–Crippen LogP) is 2.85. The maximum absolute atomic E-state index is 9.46. The average Bonchev–Trinajstić information content (AvgIpc) is 2.32. The highest BCUT2D eigenvalue weighted by Crippen LogP contribution is 2.29. The molecule has 1 aromatic carbocycles. The van der Waals surface area contributed by atoms with Crippen molar-refractivity contribution in [3.05, 3.63) is 28.7 Å². The molecule has 1 fully saturated rings. The molecule has 0 saturated carbocycles. The lowest BCUT2D eigenvalue weighted by molar-refractivity contribution is 0.227. The summed E-state index contributed by atoms with van der Waals surface area (Å²) in [6.45, 7) is 1.84. The van der Waals surface area contributed by atoms with E-state index in [9.17, 15) is 5.26 Å². The maximum Gasteiger partial charge on any atom is 0.138 e. The molecule has 1 heterocycles. The molecule has 0 radical (unpaired) electrons. The van der Waals surface area contributed by atoms with Gasteiger partial charge < -0.3 is 10.2 Å². The van der Waals surface area contributed by atoms with E-state index in [0.29, 0.717) is 0 Å². The number of nitrogens with zero attached hydrogens (tertiary/aromatic N) is 2. The summed E-state index contributed by atoms with van der Waals surface area (Å²) in [6, 6.07) is 10.4. The highest BCUT2D eigenvalue weighted by molar-refractivity contribution is 9.10. The van der Waals surface area contributed by atoms with Gasteiger partial charge >= 0.3 is 0 Å². The van der Waals surface area contributed by atoms with Gasteiger partial charge in [0.2, 0.25) is 0 Å². The number of nitriles is 1. The molecule has 1 aliphatic rings. The molecule has 0 amide bonds. The number of hydrogen-bond acceptors (Lipinski definition) is 3. The standard InChI is InChI=1S/C13H16BrN3/c1-17-8-4-7-13(9-15,10-17)16-12-6-3-2-5-11(12)14/h2-3,5-6,16H,4,7-8,10H2,1H3. The van der Waals surface area contributed by atoms with Gasteiger partial charge in [-0.25, -0.2) is 0 Å². The monoisotopic (exact) mass is 293 g/mol. The summed E-state index contributed by atoms with van der Waals surface area (Å²) in [6.07, 6.45) is 1.96. The predicted molar refractivity (Wildman–Crippen MR) is 72.8 cm³/mol. The number of halogens is 1. The molecular weight excluding hydrogens is 278 g/mol. The van der Waals surface area contributed by atoms with Crippen molar-refractivity contribution in [2.75, 3.05) is 25.5 Å². The van der Waals surface area contributed by atoms with E-state index < -0.39 is 5.54 Å². The molecule has 4 heteroatoms. The lowest BCUT2D eigenvalue weighted by Gasteiger charge is -2.37. The number of piperidine rings is 1.